The number of nitrogens with zero attached hydrogens (tertiary/aromatic N) is 2. The van der Waals surface area contributed by atoms with Crippen molar-refractivity contribution in [2.45, 2.75) is 32.2 Å². The molecule has 8 heteroatoms. The highest BCUT2D eigenvalue weighted by Crippen LogP contribution is 2.47. The molecule has 2 heterocycles. The lowest BCUT2D eigenvalue weighted by molar-refractivity contribution is -0.235. The molecule has 0 radical (unpaired) electrons. The first-order valence-electron chi connectivity index (χ1n) is 9.32. The van der Waals surface area contributed by atoms with Crippen LogP contribution in [0.3, 0.4) is 0 Å². The van der Waals surface area contributed by atoms with Gasteiger partial charge in [0.25, 0.3) is 5.91 Å². The molecule has 0 aromatic heterocycles. The monoisotopic (exact) mass is 410 g/mol. The number of methoxy groups -OCH3 is 1. The summed E-state index contributed by atoms with van der Waals surface area (Å²) in [6, 6.07) is 3.65. The molecular formula is C20H27ClN2O5. The standard InChI is InChI=1S/C20H27ClN2O5/c1-13-5-6-15(21)14(2)16(13)17-18(24)20(7-9-22(27-4)10-8-20)23(19(17)25)28-12-11-26-3/h5-6,24H,7-12H2,1-4H3. The van der Waals surface area contributed by atoms with E-state index < -0.39 is 5.54 Å². The highest BCUT2D eigenvalue weighted by atomic mass is 35.5. The number of amides is 1. The van der Waals surface area contributed by atoms with Gasteiger partial charge in [0.15, 0.2) is 0 Å². The number of aliphatic hydroxyl groups excluding tert-OH is 1. The number of hydrogen-bond acceptors (Lipinski definition) is 6. The molecule has 7 nitrogen and oxygen atoms in total. The Morgan fingerprint density at radius 2 is 1.86 bits per heavy atom. The van der Waals surface area contributed by atoms with Gasteiger partial charge >= 0.3 is 0 Å². The number of hydrogen-bond donors (Lipinski definition) is 1. The Morgan fingerprint density at radius 3 is 2.46 bits per heavy atom. The molecule has 0 aliphatic carbocycles. The van der Waals surface area contributed by atoms with Crippen molar-refractivity contribution < 1.29 is 24.3 Å². The van der Waals surface area contributed by atoms with Gasteiger partial charge in [0, 0.05) is 25.2 Å². The van der Waals surface area contributed by atoms with E-state index in [4.69, 9.17) is 26.0 Å². The molecule has 0 atom stereocenters. The summed E-state index contributed by atoms with van der Waals surface area (Å²) < 4.78 is 5.05. The van der Waals surface area contributed by atoms with Gasteiger partial charge in [-0.3, -0.25) is 9.63 Å². The Morgan fingerprint density at radius 1 is 1.18 bits per heavy atom. The zero-order valence-electron chi connectivity index (χ0n) is 16.7. The second kappa shape index (κ2) is 8.39. The Balaban J connectivity index is 2.07. The average Bonchev–Trinajstić information content (AvgIpc) is 2.88. The number of carbonyl (C=O) groups is 1. The first-order valence-corrected chi connectivity index (χ1v) is 9.70. The van der Waals surface area contributed by atoms with E-state index >= 15 is 0 Å². The van der Waals surface area contributed by atoms with Crippen LogP contribution in [0.25, 0.3) is 5.57 Å². The maximum atomic E-state index is 13.4. The smallest absolute Gasteiger partial charge is 0.282 e. The number of ether oxygens (including phenoxy) is 1. The zero-order chi connectivity index (χ0) is 20.5. The largest absolute Gasteiger partial charge is 0.509 e. The van der Waals surface area contributed by atoms with Crippen LogP contribution < -0.4 is 0 Å². The fraction of sp³-hybridized carbons (Fsp3) is 0.550. The van der Waals surface area contributed by atoms with Gasteiger partial charge in [-0.2, -0.15) is 5.06 Å². The molecule has 28 heavy (non-hydrogen) atoms. The van der Waals surface area contributed by atoms with Crippen LogP contribution in [0, 0.1) is 13.8 Å². The molecule has 0 saturated carbocycles. The van der Waals surface area contributed by atoms with Crippen LogP contribution in [0.2, 0.25) is 5.02 Å². The third kappa shape index (κ3) is 3.42. The van der Waals surface area contributed by atoms with E-state index in [-0.39, 0.29) is 23.8 Å². The first-order chi connectivity index (χ1) is 13.4. The quantitative estimate of drug-likeness (QED) is 0.727. The van der Waals surface area contributed by atoms with E-state index in [0.29, 0.717) is 43.1 Å². The minimum atomic E-state index is -0.920. The van der Waals surface area contributed by atoms with Gasteiger partial charge in [0.05, 0.1) is 25.9 Å². The van der Waals surface area contributed by atoms with Gasteiger partial charge in [-0.15, -0.1) is 0 Å². The van der Waals surface area contributed by atoms with Crippen molar-refractivity contribution >= 4 is 23.1 Å². The van der Waals surface area contributed by atoms with Crippen LogP contribution in [0.15, 0.2) is 17.9 Å². The molecule has 3 rings (SSSR count). The molecule has 154 valence electrons. The van der Waals surface area contributed by atoms with Crippen molar-refractivity contribution in [3.05, 3.63) is 39.6 Å². The van der Waals surface area contributed by atoms with Crippen molar-refractivity contribution in [2.75, 3.05) is 40.5 Å². The van der Waals surface area contributed by atoms with Gasteiger partial charge < -0.3 is 14.7 Å². The predicted octanol–water partition coefficient (Wildman–Crippen LogP) is 3.04. The van der Waals surface area contributed by atoms with Gasteiger partial charge in [-0.1, -0.05) is 17.7 Å². The van der Waals surface area contributed by atoms with Gasteiger partial charge in [0.1, 0.15) is 11.3 Å². The van der Waals surface area contributed by atoms with Crippen LogP contribution in [-0.2, 0) is 19.2 Å². The first kappa shape index (κ1) is 21.1. The van der Waals surface area contributed by atoms with E-state index in [1.165, 1.54) is 5.06 Å². The Labute approximate surface area is 170 Å². The predicted molar refractivity (Wildman–Crippen MR) is 106 cm³/mol. The third-order valence-electron chi connectivity index (χ3n) is 5.64. The maximum Gasteiger partial charge on any atom is 0.282 e. The molecule has 1 aromatic carbocycles. The molecular weight excluding hydrogens is 384 g/mol. The number of aliphatic hydroxyl groups is 1. The van der Waals surface area contributed by atoms with Crippen LogP contribution in [0.1, 0.15) is 29.5 Å². The fourth-order valence-corrected chi connectivity index (χ4v) is 4.19. The highest BCUT2D eigenvalue weighted by Gasteiger charge is 2.55. The second-order valence-corrected chi connectivity index (χ2v) is 7.56. The second-order valence-electron chi connectivity index (χ2n) is 7.16. The van der Waals surface area contributed by atoms with E-state index in [9.17, 15) is 9.90 Å². The lowest BCUT2D eigenvalue weighted by Gasteiger charge is -2.42. The summed E-state index contributed by atoms with van der Waals surface area (Å²) in [6.45, 7) is 5.45. The van der Waals surface area contributed by atoms with E-state index in [2.05, 4.69) is 0 Å². The van der Waals surface area contributed by atoms with Crippen molar-refractivity contribution in [2.24, 2.45) is 0 Å². The molecule has 2 aliphatic heterocycles. The Hall–Kier alpha value is -1.64. The molecule has 1 amide bonds. The number of benzene rings is 1. The van der Waals surface area contributed by atoms with Crippen LogP contribution >= 0.6 is 11.6 Å². The summed E-state index contributed by atoms with van der Waals surface area (Å²) in [5.74, 6) is -0.313. The molecule has 1 fully saturated rings. The molecule has 1 N–H and O–H groups in total. The third-order valence-corrected chi connectivity index (χ3v) is 6.05. The number of aryl methyl sites for hydroxylation is 1. The average molecular weight is 411 g/mol. The summed E-state index contributed by atoms with van der Waals surface area (Å²) in [7, 11) is 3.19. The summed E-state index contributed by atoms with van der Waals surface area (Å²) >= 11 is 6.31. The summed E-state index contributed by atoms with van der Waals surface area (Å²) in [6.07, 6.45) is 0.987. The molecule has 1 aromatic rings. The van der Waals surface area contributed by atoms with Crippen LogP contribution in [-0.4, -0.2) is 67.2 Å². The van der Waals surface area contributed by atoms with E-state index in [1.54, 1.807) is 20.3 Å². The van der Waals surface area contributed by atoms with E-state index in [1.807, 2.05) is 25.0 Å². The highest BCUT2D eigenvalue weighted by molar-refractivity contribution is 6.32. The number of rotatable bonds is 6. The van der Waals surface area contributed by atoms with Crippen LogP contribution in [0.5, 0.6) is 0 Å². The number of carbonyl (C=O) groups excluding carboxylic acids is 1. The van der Waals surface area contributed by atoms with Gasteiger partial charge in [-0.25, -0.2) is 5.06 Å². The van der Waals surface area contributed by atoms with Crippen molar-refractivity contribution in [1.82, 2.24) is 10.1 Å². The molecule has 0 unspecified atom stereocenters. The number of hydroxylamine groups is 4. The van der Waals surface area contributed by atoms with E-state index in [0.717, 1.165) is 11.1 Å². The summed E-state index contributed by atoms with van der Waals surface area (Å²) in [4.78, 5) is 24.5. The zero-order valence-corrected chi connectivity index (χ0v) is 17.5. The minimum Gasteiger partial charge on any atom is -0.509 e. The van der Waals surface area contributed by atoms with Crippen molar-refractivity contribution in [1.29, 1.82) is 0 Å². The fourth-order valence-electron chi connectivity index (χ4n) is 4.03. The lowest BCUT2D eigenvalue weighted by atomic mass is 9.85. The normalized spacial score (nSPS) is 19.9. The minimum absolute atomic E-state index is 0.0409. The molecule has 0 bridgehead atoms. The molecule has 2 aliphatic rings. The van der Waals surface area contributed by atoms with Crippen LogP contribution in [0.4, 0.5) is 0 Å². The number of piperidine rings is 1. The topological polar surface area (TPSA) is 71.5 Å². The van der Waals surface area contributed by atoms with Gasteiger partial charge in [0.2, 0.25) is 0 Å². The number of halogens is 1. The molecule has 1 spiro atoms. The van der Waals surface area contributed by atoms with Crippen molar-refractivity contribution in [3.63, 3.8) is 0 Å². The maximum absolute atomic E-state index is 13.4. The Kier molecular flexibility index (Phi) is 6.31. The Bertz CT molecular complexity index is 787. The lowest BCUT2D eigenvalue weighted by Crippen LogP contribution is -2.55. The molecule has 1 saturated heterocycles. The summed E-state index contributed by atoms with van der Waals surface area (Å²) in [5.41, 5.74) is 1.65. The van der Waals surface area contributed by atoms with Crippen molar-refractivity contribution in [3.8, 4) is 0 Å². The SMILES string of the molecule is COCCON1C(=O)C(c2c(C)ccc(Cl)c2C)=C(O)C12CCN(OC)CC2. The van der Waals surface area contributed by atoms with Gasteiger partial charge in [-0.05, 0) is 49.4 Å². The summed E-state index contributed by atoms with van der Waals surface area (Å²) in [5, 5.41) is 15.0.